The zero-order valence-corrected chi connectivity index (χ0v) is 32.9. The number of aromatic nitrogens is 6. The molecule has 302 valence electrons. The van der Waals surface area contributed by atoms with Crippen molar-refractivity contribution in [3.05, 3.63) is 70.5 Å². The number of carbonyl (C=O) groups is 2. The summed E-state index contributed by atoms with van der Waals surface area (Å²) in [5.41, 5.74) is 5.41. The van der Waals surface area contributed by atoms with E-state index in [-0.39, 0.29) is 24.1 Å². The number of aliphatic hydroxyl groups is 1. The van der Waals surface area contributed by atoms with Gasteiger partial charge in [0.1, 0.15) is 11.7 Å². The number of likely N-dealkylation sites (tertiary alicyclic amines) is 1. The lowest BCUT2D eigenvalue weighted by Gasteiger charge is -2.32. The minimum absolute atomic E-state index is 0.221. The van der Waals surface area contributed by atoms with Gasteiger partial charge in [0.15, 0.2) is 0 Å². The molecular formula is C42H53N9O6. The normalized spacial score (nSPS) is 21.0. The van der Waals surface area contributed by atoms with Crippen LogP contribution in [0.1, 0.15) is 93.3 Å². The van der Waals surface area contributed by atoms with Crippen LogP contribution in [0.2, 0.25) is 0 Å². The van der Waals surface area contributed by atoms with E-state index in [9.17, 15) is 19.5 Å². The number of hydrogen-bond donors (Lipinski definition) is 3. The van der Waals surface area contributed by atoms with E-state index in [4.69, 9.17) is 19.4 Å². The minimum Gasteiger partial charge on any atom is -0.481 e. The molecule has 8 rings (SSSR count). The SMILES string of the molecule is COc1cc(Nc2ncc3c(C4CCN(CCCOCCCc5ccc6c(c5)n(C)c(=O)n6C5CCC(=O)NC5=O)CC4)cn(C4CCC(O)CC4)c3n2)ccn1. The molecule has 6 heterocycles. The number of carbonyl (C=O) groups excluding carboxylic acids is 2. The highest BCUT2D eigenvalue weighted by Gasteiger charge is 2.32. The molecule has 0 spiro atoms. The van der Waals surface area contributed by atoms with Crippen molar-refractivity contribution in [2.45, 2.75) is 94.7 Å². The van der Waals surface area contributed by atoms with E-state index < -0.39 is 11.9 Å². The van der Waals surface area contributed by atoms with Crippen LogP contribution in [0.3, 0.4) is 0 Å². The summed E-state index contributed by atoms with van der Waals surface area (Å²) in [5.74, 6) is 0.760. The van der Waals surface area contributed by atoms with Crippen LogP contribution in [-0.2, 0) is 27.8 Å². The Labute approximate surface area is 331 Å². The lowest BCUT2D eigenvalue weighted by molar-refractivity contribution is -0.135. The van der Waals surface area contributed by atoms with Crippen molar-refractivity contribution in [2.75, 3.05) is 45.3 Å². The van der Waals surface area contributed by atoms with Gasteiger partial charge < -0.3 is 29.4 Å². The molecule has 0 bridgehead atoms. The maximum Gasteiger partial charge on any atom is 0.329 e. The number of hydrogen-bond acceptors (Lipinski definition) is 11. The van der Waals surface area contributed by atoms with E-state index in [0.717, 1.165) is 105 Å². The Morgan fingerprint density at radius 2 is 1.75 bits per heavy atom. The molecule has 15 heteroatoms. The summed E-state index contributed by atoms with van der Waals surface area (Å²) < 4.78 is 16.8. The predicted molar refractivity (Wildman–Crippen MR) is 216 cm³/mol. The number of piperidine rings is 2. The van der Waals surface area contributed by atoms with Gasteiger partial charge in [-0.1, -0.05) is 6.07 Å². The number of rotatable bonds is 14. The molecule has 5 aromatic rings. The topological polar surface area (TPSA) is 171 Å². The first-order valence-corrected chi connectivity index (χ1v) is 20.4. The van der Waals surface area contributed by atoms with E-state index in [2.05, 4.69) is 31.3 Å². The summed E-state index contributed by atoms with van der Waals surface area (Å²) >= 11 is 0. The Hall–Kier alpha value is -5.12. The van der Waals surface area contributed by atoms with Gasteiger partial charge >= 0.3 is 5.69 Å². The van der Waals surface area contributed by atoms with Gasteiger partial charge in [-0.05, 0) is 113 Å². The van der Waals surface area contributed by atoms with Gasteiger partial charge in [0, 0.05) is 75.0 Å². The summed E-state index contributed by atoms with van der Waals surface area (Å²) in [5, 5.41) is 17.0. The Balaban J connectivity index is 0.815. The molecule has 1 saturated carbocycles. The molecule has 1 unspecified atom stereocenters. The number of pyridine rings is 1. The number of benzene rings is 1. The third kappa shape index (κ3) is 8.46. The van der Waals surface area contributed by atoms with Gasteiger partial charge in [-0.25, -0.2) is 14.8 Å². The molecule has 4 aromatic heterocycles. The van der Waals surface area contributed by atoms with Crippen molar-refractivity contribution in [3.63, 3.8) is 0 Å². The molecule has 57 heavy (non-hydrogen) atoms. The van der Waals surface area contributed by atoms with Crippen molar-refractivity contribution in [3.8, 4) is 5.88 Å². The number of imidazole rings is 1. The largest absolute Gasteiger partial charge is 0.481 e. The number of methoxy groups -OCH3 is 1. The highest BCUT2D eigenvalue weighted by atomic mass is 16.5. The Morgan fingerprint density at radius 3 is 2.54 bits per heavy atom. The number of fused-ring (bicyclic) bond motifs is 2. The quantitative estimate of drug-likeness (QED) is 0.103. The van der Waals surface area contributed by atoms with E-state index >= 15 is 0 Å². The van der Waals surface area contributed by atoms with E-state index in [0.29, 0.717) is 48.9 Å². The fraction of sp³-hybridized carbons (Fsp3) is 0.524. The molecular weight excluding hydrogens is 727 g/mol. The van der Waals surface area contributed by atoms with E-state index in [1.165, 1.54) is 10.1 Å². The maximum atomic E-state index is 13.1. The van der Waals surface area contributed by atoms with Crippen LogP contribution in [0.25, 0.3) is 22.1 Å². The Bertz CT molecular complexity index is 2280. The first-order valence-electron chi connectivity index (χ1n) is 20.4. The summed E-state index contributed by atoms with van der Waals surface area (Å²) in [7, 11) is 3.32. The number of aryl methyl sites for hydroxylation is 2. The maximum absolute atomic E-state index is 13.1. The number of amides is 2. The summed E-state index contributed by atoms with van der Waals surface area (Å²) in [6.45, 7) is 4.45. The zero-order chi connectivity index (χ0) is 39.5. The molecule has 3 fully saturated rings. The number of nitrogens with one attached hydrogen (secondary N) is 2. The van der Waals surface area contributed by atoms with Gasteiger partial charge in [0.25, 0.3) is 0 Å². The highest BCUT2D eigenvalue weighted by molar-refractivity contribution is 6.00. The van der Waals surface area contributed by atoms with Gasteiger partial charge in [-0.15, -0.1) is 0 Å². The number of nitrogens with zero attached hydrogens (tertiary/aromatic N) is 7. The summed E-state index contributed by atoms with van der Waals surface area (Å²) in [4.78, 5) is 53.7. The fourth-order valence-corrected chi connectivity index (χ4v) is 8.91. The van der Waals surface area contributed by atoms with E-state index in [1.54, 1.807) is 24.9 Å². The van der Waals surface area contributed by atoms with Crippen LogP contribution in [0, 0.1) is 0 Å². The molecule has 1 aliphatic carbocycles. The van der Waals surface area contributed by atoms with Crippen LogP contribution in [0.5, 0.6) is 5.88 Å². The lowest BCUT2D eigenvalue weighted by atomic mass is 9.89. The smallest absolute Gasteiger partial charge is 0.329 e. The number of ether oxygens (including phenoxy) is 2. The molecule has 1 aromatic carbocycles. The summed E-state index contributed by atoms with van der Waals surface area (Å²) in [6, 6.07) is 9.24. The Kier molecular flexibility index (Phi) is 11.7. The first-order chi connectivity index (χ1) is 27.7. The van der Waals surface area contributed by atoms with Crippen LogP contribution in [0.4, 0.5) is 11.6 Å². The molecule has 2 saturated heterocycles. The summed E-state index contributed by atoms with van der Waals surface area (Å²) in [6.07, 6.45) is 14.6. The Morgan fingerprint density at radius 1 is 0.947 bits per heavy atom. The van der Waals surface area contributed by atoms with Gasteiger partial charge in [-0.2, -0.15) is 4.98 Å². The van der Waals surface area contributed by atoms with Crippen molar-refractivity contribution in [1.82, 2.24) is 38.9 Å². The number of anilines is 2. The predicted octanol–water partition coefficient (Wildman–Crippen LogP) is 4.90. The number of imide groups is 1. The monoisotopic (exact) mass is 779 g/mol. The van der Waals surface area contributed by atoms with Crippen molar-refractivity contribution in [1.29, 1.82) is 0 Å². The van der Waals surface area contributed by atoms with Crippen LogP contribution < -0.4 is 21.1 Å². The lowest BCUT2D eigenvalue weighted by Crippen LogP contribution is -2.44. The van der Waals surface area contributed by atoms with Crippen LogP contribution in [0.15, 0.2) is 53.7 Å². The van der Waals surface area contributed by atoms with Gasteiger partial charge in [0.05, 0.1) is 24.2 Å². The second-order valence-electron chi connectivity index (χ2n) is 15.8. The van der Waals surface area contributed by atoms with Crippen molar-refractivity contribution < 1.29 is 24.2 Å². The average molecular weight is 780 g/mol. The molecule has 15 nitrogen and oxygen atoms in total. The molecule has 1 atom stereocenters. The third-order valence-corrected chi connectivity index (χ3v) is 12.1. The first kappa shape index (κ1) is 38.7. The zero-order valence-electron chi connectivity index (χ0n) is 32.9. The van der Waals surface area contributed by atoms with Gasteiger partial charge in [-0.3, -0.25) is 24.0 Å². The molecule has 2 amide bonds. The standard InChI is InChI=1S/C42H53N9O6/c1-48-36-23-27(6-11-34(36)51(42(48)55)35-12-13-37(53)46-40(35)54)5-3-21-57-22-4-18-49-19-15-28(16-20-49)33-26-50(30-7-9-31(52)10-8-30)39-32(33)25-44-41(47-39)45-29-14-17-43-38(24-29)56-2/h6,11,14,17,23-26,28,30-31,35,52H,3-5,7-10,12-13,15-16,18-22H2,1-2H3,(H,46,53,54)(H,43,44,45,47). The van der Waals surface area contributed by atoms with Crippen molar-refractivity contribution in [2.24, 2.45) is 7.05 Å². The molecule has 0 radical (unpaired) electrons. The third-order valence-electron chi connectivity index (χ3n) is 12.1. The molecule has 2 aliphatic heterocycles. The highest BCUT2D eigenvalue weighted by Crippen LogP contribution is 2.38. The molecule has 3 aliphatic rings. The van der Waals surface area contributed by atoms with E-state index in [1.807, 2.05) is 36.5 Å². The fourth-order valence-electron chi connectivity index (χ4n) is 8.91. The van der Waals surface area contributed by atoms with Crippen molar-refractivity contribution >= 4 is 45.5 Å². The average Bonchev–Trinajstić information content (AvgIpc) is 3.71. The van der Waals surface area contributed by atoms with Crippen LogP contribution >= 0.6 is 0 Å². The van der Waals surface area contributed by atoms with Crippen LogP contribution in [-0.4, -0.2) is 96.5 Å². The minimum atomic E-state index is -0.682. The second kappa shape index (κ2) is 17.2. The number of aliphatic hydroxyl groups excluding tert-OH is 1. The second-order valence-corrected chi connectivity index (χ2v) is 15.8. The van der Waals surface area contributed by atoms with Gasteiger partial charge in [0.2, 0.25) is 23.6 Å². The molecule has 3 N–H and O–H groups in total.